The summed E-state index contributed by atoms with van der Waals surface area (Å²) in [5.41, 5.74) is 0.449. The van der Waals surface area contributed by atoms with Crippen LogP contribution >= 0.6 is 0 Å². The van der Waals surface area contributed by atoms with Gasteiger partial charge < -0.3 is 5.32 Å². The van der Waals surface area contributed by atoms with Gasteiger partial charge in [-0.2, -0.15) is 0 Å². The SMILES string of the molecule is CCCNC1C(N2CCN(CC)C(C)C2)CCC1(C)C. The van der Waals surface area contributed by atoms with Gasteiger partial charge in [0.15, 0.2) is 0 Å². The van der Waals surface area contributed by atoms with Crippen LogP contribution in [0.5, 0.6) is 0 Å². The molecule has 0 bridgehead atoms. The maximum Gasteiger partial charge on any atom is 0.0274 e. The average Bonchev–Trinajstić information content (AvgIpc) is 2.71. The summed E-state index contributed by atoms with van der Waals surface area (Å²) in [5.74, 6) is 0. The zero-order chi connectivity index (χ0) is 14.8. The molecule has 1 saturated carbocycles. The van der Waals surface area contributed by atoms with E-state index in [0.717, 1.165) is 12.6 Å². The van der Waals surface area contributed by atoms with Crippen LogP contribution in [0, 0.1) is 5.41 Å². The highest BCUT2D eigenvalue weighted by Crippen LogP contribution is 2.40. The first kappa shape index (κ1) is 16.3. The standard InChI is InChI=1S/C17H35N3/c1-6-10-18-16-15(8-9-17(16,4)5)20-12-11-19(7-2)14(3)13-20/h14-16,18H,6-13H2,1-5H3. The molecule has 0 radical (unpaired) electrons. The van der Waals surface area contributed by atoms with Crippen molar-refractivity contribution in [2.45, 2.75) is 72.0 Å². The van der Waals surface area contributed by atoms with E-state index >= 15 is 0 Å². The minimum atomic E-state index is 0.449. The Morgan fingerprint density at radius 1 is 1.20 bits per heavy atom. The fourth-order valence-corrected chi connectivity index (χ4v) is 4.26. The highest BCUT2D eigenvalue weighted by molar-refractivity contribution is 5.02. The van der Waals surface area contributed by atoms with Gasteiger partial charge in [-0.3, -0.25) is 9.80 Å². The van der Waals surface area contributed by atoms with Crippen molar-refractivity contribution in [1.82, 2.24) is 15.1 Å². The normalized spacial score (nSPS) is 35.5. The monoisotopic (exact) mass is 281 g/mol. The number of piperazine rings is 1. The van der Waals surface area contributed by atoms with E-state index in [-0.39, 0.29) is 0 Å². The molecule has 1 aliphatic heterocycles. The first-order chi connectivity index (χ1) is 9.49. The molecule has 2 rings (SSSR count). The Kier molecular flexibility index (Phi) is 5.49. The Labute approximate surface area is 126 Å². The van der Waals surface area contributed by atoms with Gasteiger partial charge in [-0.05, 0) is 44.7 Å². The molecule has 20 heavy (non-hydrogen) atoms. The van der Waals surface area contributed by atoms with Gasteiger partial charge in [-0.25, -0.2) is 0 Å². The van der Waals surface area contributed by atoms with Crippen LogP contribution in [0.25, 0.3) is 0 Å². The highest BCUT2D eigenvalue weighted by atomic mass is 15.3. The summed E-state index contributed by atoms with van der Waals surface area (Å²) in [4.78, 5) is 5.39. The van der Waals surface area contributed by atoms with Crippen molar-refractivity contribution in [3.63, 3.8) is 0 Å². The van der Waals surface area contributed by atoms with Crippen molar-refractivity contribution >= 4 is 0 Å². The van der Waals surface area contributed by atoms with Crippen LogP contribution in [0.4, 0.5) is 0 Å². The molecule has 1 saturated heterocycles. The zero-order valence-electron chi connectivity index (χ0n) is 14.3. The lowest BCUT2D eigenvalue weighted by Crippen LogP contribution is -2.59. The van der Waals surface area contributed by atoms with Crippen LogP contribution in [-0.4, -0.2) is 60.6 Å². The number of nitrogens with zero attached hydrogens (tertiary/aromatic N) is 2. The van der Waals surface area contributed by atoms with Gasteiger partial charge >= 0.3 is 0 Å². The maximum absolute atomic E-state index is 3.85. The minimum Gasteiger partial charge on any atom is -0.312 e. The molecule has 1 aliphatic carbocycles. The lowest BCUT2D eigenvalue weighted by atomic mass is 9.86. The molecule has 0 aromatic rings. The van der Waals surface area contributed by atoms with E-state index in [2.05, 4.69) is 49.7 Å². The van der Waals surface area contributed by atoms with E-state index in [1.54, 1.807) is 0 Å². The average molecular weight is 281 g/mol. The third-order valence-corrected chi connectivity index (χ3v) is 5.60. The lowest BCUT2D eigenvalue weighted by Gasteiger charge is -2.45. The molecular formula is C17H35N3. The number of hydrogen-bond donors (Lipinski definition) is 1. The van der Waals surface area contributed by atoms with Crippen molar-refractivity contribution in [1.29, 1.82) is 0 Å². The van der Waals surface area contributed by atoms with E-state index in [0.29, 0.717) is 17.5 Å². The molecule has 2 fully saturated rings. The molecule has 0 amide bonds. The van der Waals surface area contributed by atoms with E-state index in [1.165, 1.54) is 45.4 Å². The summed E-state index contributed by atoms with van der Waals surface area (Å²) >= 11 is 0. The number of rotatable bonds is 5. The largest absolute Gasteiger partial charge is 0.312 e. The Morgan fingerprint density at radius 2 is 1.95 bits per heavy atom. The molecule has 3 unspecified atom stereocenters. The maximum atomic E-state index is 3.85. The summed E-state index contributed by atoms with van der Waals surface area (Å²) in [5, 5.41) is 3.85. The lowest BCUT2D eigenvalue weighted by molar-refractivity contribution is 0.0451. The summed E-state index contributed by atoms with van der Waals surface area (Å²) in [6, 6.07) is 2.13. The summed E-state index contributed by atoms with van der Waals surface area (Å²) < 4.78 is 0. The van der Waals surface area contributed by atoms with Crippen LogP contribution in [0.1, 0.15) is 53.9 Å². The van der Waals surface area contributed by atoms with Crippen molar-refractivity contribution < 1.29 is 0 Å². The van der Waals surface area contributed by atoms with Gasteiger partial charge in [-0.1, -0.05) is 27.7 Å². The second kappa shape index (κ2) is 6.76. The van der Waals surface area contributed by atoms with E-state index in [1.807, 2.05) is 0 Å². The Bertz CT molecular complexity index is 303. The molecule has 0 aromatic heterocycles. The summed E-state index contributed by atoms with van der Waals surface area (Å²) in [7, 11) is 0. The molecule has 118 valence electrons. The van der Waals surface area contributed by atoms with Crippen LogP contribution < -0.4 is 5.32 Å². The topological polar surface area (TPSA) is 18.5 Å². The smallest absolute Gasteiger partial charge is 0.0274 e. The fraction of sp³-hybridized carbons (Fsp3) is 1.00. The Hall–Kier alpha value is -0.120. The molecule has 1 N–H and O–H groups in total. The van der Waals surface area contributed by atoms with Crippen molar-refractivity contribution in [2.24, 2.45) is 5.41 Å². The predicted octanol–water partition coefficient (Wildman–Crippen LogP) is 2.57. The van der Waals surface area contributed by atoms with E-state index in [4.69, 9.17) is 0 Å². The van der Waals surface area contributed by atoms with Gasteiger partial charge in [0.1, 0.15) is 0 Å². The first-order valence-corrected chi connectivity index (χ1v) is 8.71. The molecule has 3 atom stereocenters. The van der Waals surface area contributed by atoms with Gasteiger partial charge in [-0.15, -0.1) is 0 Å². The van der Waals surface area contributed by atoms with Crippen LogP contribution in [0.15, 0.2) is 0 Å². The number of likely N-dealkylation sites (N-methyl/N-ethyl adjacent to an activating group) is 1. The summed E-state index contributed by atoms with van der Waals surface area (Å²) in [6.07, 6.45) is 3.97. The van der Waals surface area contributed by atoms with Gasteiger partial charge in [0.05, 0.1) is 0 Å². The molecule has 1 heterocycles. The van der Waals surface area contributed by atoms with Gasteiger partial charge in [0.25, 0.3) is 0 Å². The fourth-order valence-electron chi connectivity index (χ4n) is 4.26. The molecule has 0 aromatic carbocycles. The molecular weight excluding hydrogens is 246 g/mol. The van der Waals surface area contributed by atoms with Crippen molar-refractivity contribution in [2.75, 3.05) is 32.7 Å². The molecule has 3 nitrogen and oxygen atoms in total. The second-order valence-electron chi connectivity index (χ2n) is 7.50. The Morgan fingerprint density at radius 3 is 2.55 bits per heavy atom. The van der Waals surface area contributed by atoms with Crippen LogP contribution in [0.2, 0.25) is 0 Å². The third-order valence-electron chi connectivity index (χ3n) is 5.60. The summed E-state index contributed by atoms with van der Waals surface area (Å²) in [6.45, 7) is 18.0. The molecule has 3 heteroatoms. The first-order valence-electron chi connectivity index (χ1n) is 8.71. The second-order valence-corrected chi connectivity index (χ2v) is 7.50. The van der Waals surface area contributed by atoms with Gasteiger partial charge in [0.2, 0.25) is 0 Å². The molecule has 2 aliphatic rings. The minimum absolute atomic E-state index is 0.449. The van der Waals surface area contributed by atoms with Crippen molar-refractivity contribution in [3.8, 4) is 0 Å². The number of nitrogens with one attached hydrogen (secondary N) is 1. The molecule has 0 spiro atoms. The third kappa shape index (κ3) is 3.37. The predicted molar refractivity (Wildman–Crippen MR) is 87.2 cm³/mol. The van der Waals surface area contributed by atoms with E-state index < -0.39 is 0 Å². The van der Waals surface area contributed by atoms with E-state index in [9.17, 15) is 0 Å². The quantitative estimate of drug-likeness (QED) is 0.835. The van der Waals surface area contributed by atoms with Crippen molar-refractivity contribution in [3.05, 3.63) is 0 Å². The Balaban J connectivity index is 2.00. The number of hydrogen-bond acceptors (Lipinski definition) is 3. The van der Waals surface area contributed by atoms with Crippen LogP contribution in [0.3, 0.4) is 0 Å². The van der Waals surface area contributed by atoms with Crippen LogP contribution in [-0.2, 0) is 0 Å². The van der Waals surface area contributed by atoms with Gasteiger partial charge in [0, 0.05) is 37.8 Å². The zero-order valence-corrected chi connectivity index (χ0v) is 14.3. The highest BCUT2D eigenvalue weighted by Gasteiger charge is 2.44.